The first kappa shape index (κ1) is 14.6. The first-order chi connectivity index (χ1) is 9.19. The van der Waals surface area contributed by atoms with Gasteiger partial charge >= 0.3 is 0 Å². The lowest BCUT2D eigenvalue weighted by Gasteiger charge is -2.18. The van der Waals surface area contributed by atoms with E-state index < -0.39 is 0 Å². The number of aryl methyl sites for hydroxylation is 2. The van der Waals surface area contributed by atoms with E-state index in [1.54, 1.807) is 0 Å². The minimum Gasteiger partial charge on any atom is -0.304 e. The van der Waals surface area contributed by atoms with Crippen LogP contribution in [0.1, 0.15) is 42.6 Å². The van der Waals surface area contributed by atoms with Gasteiger partial charge in [-0.15, -0.1) is 5.10 Å². The molecule has 19 heavy (non-hydrogen) atoms. The summed E-state index contributed by atoms with van der Waals surface area (Å²) in [6, 6.07) is 0.0911. The van der Waals surface area contributed by atoms with Crippen LogP contribution in [-0.4, -0.2) is 25.9 Å². The fourth-order valence-electron chi connectivity index (χ4n) is 2.11. The maximum Gasteiger partial charge on any atom is 0.0888 e. The molecule has 7 heteroatoms. The maximum absolute atomic E-state index is 4.30. The van der Waals surface area contributed by atoms with Gasteiger partial charge < -0.3 is 5.32 Å². The van der Waals surface area contributed by atoms with E-state index in [1.807, 2.05) is 17.9 Å². The average molecular weight is 344 g/mol. The number of hydrogen-bond acceptors (Lipinski definition) is 5. The van der Waals surface area contributed by atoms with Gasteiger partial charge in [-0.05, 0) is 40.4 Å². The second kappa shape index (κ2) is 6.58. The summed E-state index contributed by atoms with van der Waals surface area (Å²) in [5.74, 6) is 0. The van der Waals surface area contributed by atoms with Gasteiger partial charge in [0.15, 0.2) is 0 Å². The van der Waals surface area contributed by atoms with Gasteiger partial charge in [-0.3, -0.25) is 4.68 Å². The monoisotopic (exact) mass is 343 g/mol. The number of hydrogen-bond donors (Lipinski definition) is 1. The van der Waals surface area contributed by atoms with Crippen LogP contribution in [0.5, 0.6) is 0 Å². The number of nitrogens with one attached hydrogen (secondary N) is 1. The van der Waals surface area contributed by atoms with Gasteiger partial charge in [-0.25, -0.2) is 0 Å². The van der Waals surface area contributed by atoms with Crippen LogP contribution in [0.2, 0.25) is 0 Å². The van der Waals surface area contributed by atoms with Crippen molar-refractivity contribution in [3.05, 3.63) is 26.9 Å². The van der Waals surface area contributed by atoms with Crippen LogP contribution in [0, 0.1) is 0 Å². The molecule has 0 spiro atoms. The van der Waals surface area contributed by atoms with Crippen molar-refractivity contribution >= 4 is 27.5 Å². The summed E-state index contributed by atoms with van der Waals surface area (Å²) in [6.07, 6.45) is 3.86. The Labute approximate surface area is 125 Å². The third kappa shape index (κ3) is 3.04. The Balaban J connectivity index is 2.42. The predicted octanol–water partition coefficient (Wildman–Crippen LogP) is 2.69. The number of nitrogens with zero attached hydrogens (tertiary/aromatic N) is 4. The summed E-state index contributed by atoms with van der Waals surface area (Å²) in [6.45, 7) is 5.14. The normalized spacial score (nSPS) is 12.8. The van der Waals surface area contributed by atoms with E-state index >= 15 is 0 Å². The molecule has 0 fully saturated rings. The molecule has 2 rings (SSSR count). The standard InChI is InChI=1S/C12H18BrN5S/c1-4-6-9-12(19-17-16-9)10(14-5-2)11-8(13)7-15-18(11)3/h7,10,14H,4-6H2,1-3H3. The summed E-state index contributed by atoms with van der Waals surface area (Å²) < 4.78 is 7.03. The molecule has 0 saturated carbocycles. The van der Waals surface area contributed by atoms with E-state index in [-0.39, 0.29) is 6.04 Å². The minimum absolute atomic E-state index is 0.0911. The van der Waals surface area contributed by atoms with Crippen molar-refractivity contribution in [1.82, 2.24) is 24.7 Å². The zero-order valence-electron chi connectivity index (χ0n) is 11.4. The molecule has 5 nitrogen and oxygen atoms in total. The van der Waals surface area contributed by atoms with Gasteiger partial charge in [0, 0.05) is 7.05 Å². The van der Waals surface area contributed by atoms with E-state index in [1.165, 1.54) is 16.4 Å². The minimum atomic E-state index is 0.0911. The van der Waals surface area contributed by atoms with Gasteiger partial charge in [-0.2, -0.15) is 5.10 Å². The van der Waals surface area contributed by atoms with Gasteiger partial charge in [0.1, 0.15) is 0 Å². The van der Waals surface area contributed by atoms with Crippen LogP contribution in [0.4, 0.5) is 0 Å². The van der Waals surface area contributed by atoms with Crippen LogP contribution >= 0.6 is 27.5 Å². The molecule has 0 bridgehead atoms. The van der Waals surface area contributed by atoms with Crippen LogP contribution < -0.4 is 5.32 Å². The van der Waals surface area contributed by atoms with E-state index in [2.05, 4.69) is 49.8 Å². The fraction of sp³-hybridized carbons (Fsp3) is 0.583. The summed E-state index contributed by atoms with van der Waals surface area (Å²) in [7, 11) is 1.96. The molecule has 0 aliphatic rings. The molecule has 0 aliphatic heterocycles. The quantitative estimate of drug-likeness (QED) is 0.875. The average Bonchev–Trinajstić information content (AvgIpc) is 2.96. The van der Waals surface area contributed by atoms with Crippen molar-refractivity contribution in [3.63, 3.8) is 0 Å². The fourth-order valence-corrected chi connectivity index (χ4v) is 3.46. The van der Waals surface area contributed by atoms with Crippen molar-refractivity contribution in [2.45, 2.75) is 32.7 Å². The van der Waals surface area contributed by atoms with Gasteiger partial charge in [0.25, 0.3) is 0 Å². The molecule has 1 N–H and O–H groups in total. The molecule has 2 aromatic rings. The highest BCUT2D eigenvalue weighted by atomic mass is 79.9. The number of rotatable bonds is 6. The topological polar surface area (TPSA) is 55.6 Å². The first-order valence-corrected chi connectivity index (χ1v) is 7.97. The molecular weight excluding hydrogens is 326 g/mol. The zero-order chi connectivity index (χ0) is 13.8. The lowest BCUT2D eigenvalue weighted by molar-refractivity contribution is 0.572. The molecule has 0 aromatic carbocycles. The molecule has 0 saturated heterocycles. The van der Waals surface area contributed by atoms with E-state index in [0.717, 1.165) is 35.2 Å². The van der Waals surface area contributed by atoms with Gasteiger partial charge in [-0.1, -0.05) is 24.8 Å². The number of aromatic nitrogens is 4. The number of halogens is 1. The summed E-state index contributed by atoms with van der Waals surface area (Å²) in [5.41, 5.74) is 2.21. The molecular formula is C12H18BrN5S. The SMILES string of the molecule is CCCc1nnsc1C(NCC)c1c(Br)cnn1C. The Morgan fingerprint density at radius 2 is 2.26 bits per heavy atom. The summed E-state index contributed by atoms with van der Waals surface area (Å²) in [4.78, 5) is 1.19. The third-order valence-electron chi connectivity index (χ3n) is 2.95. The highest BCUT2D eigenvalue weighted by Gasteiger charge is 2.24. The van der Waals surface area contributed by atoms with Crippen LogP contribution in [0.15, 0.2) is 10.7 Å². The van der Waals surface area contributed by atoms with Crippen LogP contribution in [0.25, 0.3) is 0 Å². The van der Waals surface area contributed by atoms with E-state index in [4.69, 9.17) is 0 Å². The van der Waals surface area contributed by atoms with Crippen molar-refractivity contribution in [3.8, 4) is 0 Å². The molecule has 104 valence electrons. The highest BCUT2D eigenvalue weighted by molar-refractivity contribution is 9.10. The Hall–Kier alpha value is -0.790. The van der Waals surface area contributed by atoms with Crippen LogP contribution in [-0.2, 0) is 13.5 Å². The van der Waals surface area contributed by atoms with Crippen molar-refractivity contribution in [1.29, 1.82) is 0 Å². The largest absolute Gasteiger partial charge is 0.304 e. The second-order valence-electron chi connectivity index (χ2n) is 4.33. The molecule has 2 heterocycles. The van der Waals surface area contributed by atoms with Crippen LogP contribution in [0.3, 0.4) is 0 Å². The molecule has 0 radical (unpaired) electrons. The Bertz CT molecular complexity index is 516. The Morgan fingerprint density at radius 3 is 2.84 bits per heavy atom. The molecule has 1 unspecified atom stereocenters. The Morgan fingerprint density at radius 1 is 1.47 bits per heavy atom. The summed E-state index contributed by atoms with van der Waals surface area (Å²) in [5, 5.41) is 12.1. The van der Waals surface area contributed by atoms with Gasteiger partial charge in [0.05, 0.1) is 33.0 Å². The molecule has 0 aliphatic carbocycles. The smallest absolute Gasteiger partial charge is 0.0888 e. The van der Waals surface area contributed by atoms with E-state index in [9.17, 15) is 0 Å². The zero-order valence-corrected chi connectivity index (χ0v) is 13.8. The first-order valence-electron chi connectivity index (χ1n) is 6.40. The highest BCUT2D eigenvalue weighted by Crippen LogP contribution is 2.31. The summed E-state index contributed by atoms with van der Waals surface area (Å²) >= 11 is 5.04. The second-order valence-corrected chi connectivity index (χ2v) is 5.97. The molecule has 1 atom stereocenters. The lowest BCUT2D eigenvalue weighted by atomic mass is 10.1. The third-order valence-corrected chi connectivity index (χ3v) is 4.40. The van der Waals surface area contributed by atoms with Gasteiger partial charge in [0.2, 0.25) is 0 Å². The molecule has 2 aromatic heterocycles. The van der Waals surface area contributed by atoms with Crippen molar-refractivity contribution in [2.24, 2.45) is 7.05 Å². The lowest BCUT2D eigenvalue weighted by Crippen LogP contribution is -2.24. The Kier molecular flexibility index (Phi) is 5.06. The van der Waals surface area contributed by atoms with Crippen molar-refractivity contribution in [2.75, 3.05) is 6.54 Å². The maximum atomic E-state index is 4.30. The van der Waals surface area contributed by atoms with E-state index in [0.29, 0.717) is 0 Å². The molecule has 0 amide bonds. The van der Waals surface area contributed by atoms with Crippen molar-refractivity contribution < 1.29 is 0 Å². The predicted molar refractivity (Wildman–Crippen MR) is 80.3 cm³/mol.